The van der Waals surface area contributed by atoms with Crippen LogP contribution in [-0.2, 0) is 5.41 Å². The summed E-state index contributed by atoms with van der Waals surface area (Å²) in [5.41, 5.74) is 5.80. The van der Waals surface area contributed by atoms with Crippen LogP contribution in [0.2, 0.25) is 0 Å². The molecule has 2 aromatic heterocycles. The molecular formula is C32H41N9O2S. The summed E-state index contributed by atoms with van der Waals surface area (Å²) in [6, 6.07) is 9.59. The van der Waals surface area contributed by atoms with Crippen molar-refractivity contribution in [3.8, 4) is 5.75 Å². The Hall–Kier alpha value is -4.16. The van der Waals surface area contributed by atoms with Crippen molar-refractivity contribution in [2.24, 2.45) is 0 Å². The molecule has 0 atom stereocenters. The van der Waals surface area contributed by atoms with Crippen LogP contribution in [-0.4, -0.2) is 77.3 Å². The minimum atomic E-state index is -0.254. The number of carbonyl (C=O) groups excluding carboxylic acids is 1. The monoisotopic (exact) mass is 615 g/mol. The van der Waals surface area contributed by atoms with Gasteiger partial charge in [-0.3, -0.25) is 4.79 Å². The summed E-state index contributed by atoms with van der Waals surface area (Å²) in [5, 5.41) is 6.50. The standard InChI is InChI=1S/C32H41N9O2S/c1-20-9-10-21(30(42)37-24-16-22(32(2,3)4)17-25(39-44-7)28(24)43-6)15-23(20)36-29-27-26(34-19-35-29)18-33-31(38-27)41-12-8-11-40(5)13-14-41/h9-10,15-19,39H,8,11-14H2,1-7H3,(H,37,42)(H,34,35,36). The van der Waals surface area contributed by atoms with Gasteiger partial charge in [-0.25, -0.2) is 19.9 Å². The van der Waals surface area contributed by atoms with Crippen LogP contribution in [0, 0.1) is 6.92 Å². The molecule has 1 aliphatic heterocycles. The van der Waals surface area contributed by atoms with E-state index in [4.69, 9.17) is 9.72 Å². The number of carbonyl (C=O) groups is 1. The van der Waals surface area contributed by atoms with E-state index in [2.05, 4.69) is 74.0 Å². The molecule has 0 radical (unpaired) electrons. The van der Waals surface area contributed by atoms with E-state index in [1.54, 1.807) is 13.3 Å². The van der Waals surface area contributed by atoms with Crippen LogP contribution < -0.4 is 25.0 Å². The number of aryl methyl sites for hydroxylation is 1. The lowest BCUT2D eigenvalue weighted by Crippen LogP contribution is -2.30. The number of methoxy groups -OCH3 is 1. The van der Waals surface area contributed by atoms with Gasteiger partial charge in [-0.1, -0.05) is 38.8 Å². The van der Waals surface area contributed by atoms with Gasteiger partial charge in [-0.15, -0.1) is 0 Å². The minimum absolute atomic E-state index is 0.130. The zero-order valence-corrected chi connectivity index (χ0v) is 27.3. The smallest absolute Gasteiger partial charge is 0.255 e. The van der Waals surface area contributed by atoms with E-state index in [0.29, 0.717) is 39.8 Å². The predicted molar refractivity (Wildman–Crippen MR) is 181 cm³/mol. The van der Waals surface area contributed by atoms with Crippen LogP contribution in [0.1, 0.15) is 48.7 Å². The fraction of sp³-hybridized carbons (Fsp3) is 0.406. The molecule has 0 aliphatic carbocycles. The molecule has 3 heterocycles. The average molecular weight is 616 g/mol. The van der Waals surface area contributed by atoms with Gasteiger partial charge in [0.15, 0.2) is 11.6 Å². The molecule has 0 unspecified atom stereocenters. The summed E-state index contributed by atoms with van der Waals surface area (Å²) >= 11 is 1.47. The molecule has 1 saturated heterocycles. The van der Waals surface area contributed by atoms with Gasteiger partial charge in [0.1, 0.15) is 17.4 Å². The summed E-state index contributed by atoms with van der Waals surface area (Å²) in [7, 11) is 3.74. The van der Waals surface area contributed by atoms with Crippen LogP contribution in [0.15, 0.2) is 42.9 Å². The highest BCUT2D eigenvalue weighted by Gasteiger charge is 2.22. The highest BCUT2D eigenvalue weighted by Crippen LogP contribution is 2.40. The van der Waals surface area contributed by atoms with Crippen molar-refractivity contribution in [2.45, 2.75) is 39.5 Å². The number of nitrogens with one attached hydrogen (secondary N) is 3. The highest BCUT2D eigenvalue weighted by molar-refractivity contribution is 7.99. The average Bonchev–Trinajstić information content (AvgIpc) is 3.22. The first-order chi connectivity index (χ1) is 21.1. The van der Waals surface area contributed by atoms with Crippen LogP contribution in [0.5, 0.6) is 5.75 Å². The molecule has 1 aliphatic rings. The molecule has 1 fully saturated rings. The second-order valence-corrected chi connectivity index (χ2v) is 12.7. The van der Waals surface area contributed by atoms with E-state index in [9.17, 15) is 4.79 Å². The summed E-state index contributed by atoms with van der Waals surface area (Å²) in [5.74, 6) is 1.54. The molecule has 2 aromatic carbocycles. The Morgan fingerprint density at radius 3 is 2.55 bits per heavy atom. The van der Waals surface area contributed by atoms with Crippen molar-refractivity contribution in [1.29, 1.82) is 0 Å². The predicted octanol–water partition coefficient (Wildman–Crippen LogP) is 5.86. The molecular weight excluding hydrogens is 574 g/mol. The molecule has 5 rings (SSSR count). The number of nitrogens with zero attached hydrogens (tertiary/aromatic N) is 6. The van der Waals surface area contributed by atoms with E-state index >= 15 is 0 Å². The quantitative estimate of drug-likeness (QED) is 0.207. The second kappa shape index (κ2) is 13.2. The van der Waals surface area contributed by atoms with Gasteiger partial charge in [-0.2, -0.15) is 0 Å². The largest absolute Gasteiger partial charge is 0.492 e. The van der Waals surface area contributed by atoms with Gasteiger partial charge in [0, 0.05) is 37.1 Å². The van der Waals surface area contributed by atoms with Crippen LogP contribution in [0.4, 0.5) is 28.8 Å². The fourth-order valence-corrected chi connectivity index (χ4v) is 5.49. The Morgan fingerprint density at radius 1 is 1.00 bits per heavy atom. The first-order valence-corrected chi connectivity index (χ1v) is 15.9. The van der Waals surface area contributed by atoms with Gasteiger partial charge in [0.25, 0.3) is 5.91 Å². The van der Waals surface area contributed by atoms with Crippen molar-refractivity contribution in [2.75, 3.05) is 66.8 Å². The van der Waals surface area contributed by atoms with Crippen molar-refractivity contribution < 1.29 is 9.53 Å². The topological polar surface area (TPSA) is 120 Å². The molecule has 1 amide bonds. The van der Waals surface area contributed by atoms with Gasteiger partial charge in [0.05, 0.1) is 24.7 Å². The van der Waals surface area contributed by atoms with Crippen molar-refractivity contribution >= 4 is 57.7 Å². The Morgan fingerprint density at radius 2 is 1.80 bits per heavy atom. The summed E-state index contributed by atoms with van der Waals surface area (Å²) < 4.78 is 9.01. The normalized spacial score (nSPS) is 14.3. The first kappa shape index (κ1) is 31.3. The number of aromatic nitrogens is 4. The molecule has 0 spiro atoms. The van der Waals surface area contributed by atoms with Crippen LogP contribution in [0.3, 0.4) is 0 Å². The maximum absolute atomic E-state index is 13.6. The van der Waals surface area contributed by atoms with Crippen molar-refractivity contribution in [1.82, 2.24) is 24.8 Å². The lowest BCUT2D eigenvalue weighted by Gasteiger charge is -2.24. The molecule has 0 saturated carbocycles. The summed E-state index contributed by atoms with van der Waals surface area (Å²) in [4.78, 5) is 36.6. The molecule has 0 bridgehead atoms. The zero-order chi connectivity index (χ0) is 31.4. The molecule has 3 N–H and O–H groups in total. The Bertz CT molecular complexity index is 1660. The van der Waals surface area contributed by atoms with Crippen molar-refractivity contribution in [3.05, 3.63) is 59.5 Å². The van der Waals surface area contributed by atoms with E-state index in [0.717, 1.165) is 55.1 Å². The van der Waals surface area contributed by atoms with Gasteiger partial charge >= 0.3 is 0 Å². The maximum atomic E-state index is 13.6. The Balaban J connectivity index is 1.44. The third-order valence-electron chi connectivity index (χ3n) is 7.74. The summed E-state index contributed by atoms with van der Waals surface area (Å²) in [6.07, 6.45) is 6.23. The number of benzene rings is 2. The highest BCUT2D eigenvalue weighted by atomic mass is 32.2. The number of ether oxygens (including phenoxy) is 1. The lowest BCUT2D eigenvalue weighted by atomic mass is 9.86. The van der Waals surface area contributed by atoms with Crippen LogP contribution in [0.25, 0.3) is 11.0 Å². The van der Waals surface area contributed by atoms with E-state index in [-0.39, 0.29) is 11.3 Å². The number of rotatable bonds is 8. The van der Waals surface area contributed by atoms with Gasteiger partial charge in [-0.05, 0) is 67.7 Å². The fourth-order valence-electron chi connectivity index (χ4n) is 5.12. The Kier molecular flexibility index (Phi) is 9.40. The molecule has 4 aromatic rings. The summed E-state index contributed by atoms with van der Waals surface area (Å²) in [6.45, 7) is 12.1. The number of likely N-dealkylation sites (N-methyl/N-ethyl adjacent to an activating group) is 1. The minimum Gasteiger partial charge on any atom is -0.492 e. The van der Waals surface area contributed by atoms with Gasteiger partial charge in [0.2, 0.25) is 5.95 Å². The third-order valence-corrected chi connectivity index (χ3v) is 8.16. The maximum Gasteiger partial charge on any atom is 0.255 e. The molecule has 232 valence electrons. The Labute approximate surface area is 263 Å². The lowest BCUT2D eigenvalue weighted by molar-refractivity contribution is 0.102. The van der Waals surface area contributed by atoms with Crippen LogP contribution >= 0.6 is 11.9 Å². The van der Waals surface area contributed by atoms with Crippen molar-refractivity contribution in [3.63, 3.8) is 0 Å². The number of anilines is 5. The number of hydrogen-bond acceptors (Lipinski definition) is 11. The second-order valence-electron chi connectivity index (χ2n) is 12.0. The van der Waals surface area contributed by atoms with E-state index in [1.165, 1.54) is 18.3 Å². The first-order valence-electron chi connectivity index (χ1n) is 14.7. The molecule has 11 nitrogen and oxygen atoms in total. The van der Waals surface area contributed by atoms with Gasteiger partial charge < -0.3 is 29.9 Å². The molecule has 12 heteroatoms. The third kappa shape index (κ3) is 6.97. The number of fused-ring (bicyclic) bond motifs is 1. The van der Waals surface area contributed by atoms with E-state index in [1.807, 2.05) is 37.4 Å². The molecule has 44 heavy (non-hydrogen) atoms. The SMILES string of the molecule is COc1c(NSC)cc(C(C)(C)C)cc1NC(=O)c1ccc(C)c(Nc2ncnc3cnc(N4CCCN(C)CC4)nc23)c1. The number of hydrogen-bond donors (Lipinski definition) is 3. The zero-order valence-electron chi connectivity index (χ0n) is 26.5. The number of amides is 1. The van der Waals surface area contributed by atoms with E-state index < -0.39 is 0 Å².